The highest BCUT2D eigenvalue weighted by Crippen LogP contribution is 2.28. The summed E-state index contributed by atoms with van der Waals surface area (Å²) in [7, 11) is 0. The summed E-state index contributed by atoms with van der Waals surface area (Å²) >= 11 is 0. The highest BCUT2D eigenvalue weighted by Gasteiger charge is 2.31. The minimum atomic E-state index is 0.0303. The summed E-state index contributed by atoms with van der Waals surface area (Å²) in [5.74, 6) is 2.35. The molecule has 3 aromatic rings. The van der Waals surface area contributed by atoms with Crippen molar-refractivity contribution in [1.29, 1.82) is 0 Å². The molecule has 0 radical (unpaired) electrons. The van der Waals surface area contributed by atoms with Gasteiger partial charge in [0.25, 0.3) is 5.91 Å². The van der Waals surface area contributed by atoms with Crippen LogP contribution in [0.2, 0.25) is 0 Å². The summed E-state index contributed by atoms with van der Waals surface area (Å²) in [5.41, 5.74) is 1.61. The lowest BCUT2D eigenvalue weighted by Crippen LogP contribution is -2.42. The molecule has 2 aromatic heterocycles. The number of amides is 1. The van der Waals surface area contributed by atoms with Gasteiger partial charge in [0.1, 0.15) is 5.82 Å². The van der Waals surface area contributed by atoms with E-state index in [1.54, 1.807) is 10.9 Å². The fourth-order valence-corrected chi connectivity index (χ4v) is 3.81. The molecule has 0 spiro atoms. The Kier molecular flexibility index (Phi) is 4.51. The summed E-state index contributed by atoms with van der Waals surface area (Å²) in [6, 6.07) is 9.66. The molecule has 1 aliphatic heterocycles. The van der Waals surface area contributed by atoms with Crippen molar-refractivity contribution < 1.29 is 4.79 Å². The number of hydrogen-bond acceptors (Lipinski definition) is 4. The van der Waals surface area contributed by atoms with Crippen molar-refractivity contribution in [3.63, 3.8) is 0 Å². The number of carbonyl (C=O) groups excluding carboxylic acids is 1. The molecule has 3 heterocycles. The Hall–Kier alpha value is -2.96. The lowest BCUT2D eigenvalue weighted by Gasteiger charge is -2.35. The smallest absolute Gasteiger partial charge is 0.254 e. The molecule has 7 nitrogen and oxygen atoms in total. The number of fused-ring (bicyclic) bond motifs is 1. The predicted octanol–water partition coefficient (Wildman–Crippen LogP) is 3.02. The van der Waals surface area contributed by atoms with Crippen LogP contribution in [0.5, 0.6) is 0 Å². The lowest BCUT2D eigenvalue weighted by atomic mass is 10.0. The van der Waals surface area contributed by atoms with Gasteiger partial charge in [0, 0.05) is 24.5 Å². The molecule has 0 saturated heterocycles. The highest BCUT2D eigenvalue weighted by molar-refractivity contribution is 5.94. The average molecular weight is 364 g/mol. The number of benzene rings is 1. The van der Waals surface area contributed by atoms with E-state index in [0.717, 1.165) is 23.8 Å². The van der Waals surface area contributed by atoms with Gasteiger partial charge >= 0.3 is 0 Å². The maximum Gasteiger partial charge on any atom is 0.254 e. The number of carbonyl (C=O) groups is 1. The van der Waals surface area contributed by atoms with Gasteiger partial charge in [0.05, 0.1) is 18.3 Å². The number of nitrogens with zero attached hydrogens (tertiary/aromatic N) is 6. The number of hydrogen-bond donors (Lipinski definition) is 0. The van der Waals surface area contributed by atoms with Crippen molar-refractivity contribution in [3.05, 3.63) is 59.9 Å². The van der Waals surface area contributed by atoms with Gasteiger partial charge in [-0.05, 0) is 49.6 Å². The van der Waals surface area contributed by atoms with Crippen LogP contribution in [0.1, 0.15) is 48.3 Å². The SMILES string of the molecule is Cc1nnc2n1[C@@H](CC(C)C)CN(C(=O)c1ccc(-n3cccn3)cc1)C2. The van der Waals surface area contributed by atoms with Crippen molar-refractivity contribution in [2.24, 2.45) is 5.92 Å². The van der Waals surface area contributed by atoms with E-state index in [1.807, 2.05) is 48.4 Å². The first kappa shape index (κ1) is 17.5. The number of rotatable bonds is 4. The maximum absolute atomic E-state index is 13.1. The lowest BCUT2D eigenvalue weighted by molar-refractivity contribution is 0.0660. The third kappa shape index (κ3) is 3.37. The Morgan fingerprint density at radius 3 is 2.67 bits per heavy atom. The second kappa shape index (κ2) is 6.98. The summed E-state index contributed by atoms with van der Waals surface area (Å²) in [4.78, 5) is 15.0. The molecule has 0 N–H and O–H groups in total. The zero-order valence-electron chi connectivity index (χ0n) is 15.9. The summed E-state index contributed by atoms with van der Waals surface area (Å²) in [6.45, 7) is 7.57. The van der Waals surface area contributed by atoms with E-state index in [9.17, 15) is 4.79 Å². The molecule has 140 valence electrons. The van der Waals surface area contributed by atoms with Crippen LogP contribution in [-0.2, 0) is 6.54 Å². The van der Waals surface area contributed by atoms with E-state index < -0.39 is 0 Å². The second-order valence-electron chi connectivity index (χ2n) is 7.50. The van der Waals surface area contributed by atoms with Gasteiger partial charge in [-0.15, -0.1) is 10.2 Å². The number of aryl methyl sites for hydroxylation is 1. The zero-order valence-corrected chi connectivity index (χ0v) is 15.9. The van der Waals surface area contributed by atoms with Crippen LogP contribution in [0, 0.1) is 12.8 Å². The first-order valence-electron chi connectivity index (χ1n) is 9.32. The predicted molar refractivity (Wildman–Crippen MR) is 102 cm³/mol. The third-order valence-electron chi connectivity index (χ3n) is 4.98. The normalized spacial score (nSPS) is 16.6. The van der Waals surface area contributed by atoms with Gasteiger partial charge in [-0.1, -0.05) is 13.8 Å². The van der Waals surface area contributed by atoms with Crippen molar-refractivity contribution >= 4 is 5.91 Å². The Morgan fingerprint density at radius 2 is 2.00 bits per heavy atom. The molecular formula is C20H24N6O. The third-order valence-corrected chi connectivity index (χ3v) is 4.98. The van der Waals surface area contributed by atoms with Crippen molar-refractivity contribution in [1.82, 2.24) is 29.4 Å². The van der Waals surface area contributed by atoms with Crippen molar-refractivity contribution in [2.75, 3.05) is 6.54 Å². The first-order chi connectivity index (χ1) is 13.0. The Morgan fingerprint density at radius 1 is 1.22 bits per heavy atom. The van der Waals surface area contributed by atoms with E-state index in [-0.39, 0.29) is 11.9 Å². The molecule has 1 aromatic carbocycles. The van der Waals surface area contributed by atoms with Gasteiger partial charge in [-0.3, -0.25) is 4.79 Å². The topological polar surface area (TPSA) is 68.8 Å². The zero-order chi connectivity index (χ0) is 19.0. The van der Waals surface area contributed by atoms with Gasteiger partial charge in [-0.2, -0.15) is 5.10 Å². The van der Waals surface area contributed by atoms with E-state index in [4.69, 9.17) is 0 Å². The van der Waals surface area contributed by atoms with Crippen molar-refractivity contribution in [2.45, 2.75) is 39.8 Å². The molecule has 1 amide bonds. The Balaban J connectivity index is 1.57. The standard InChI is InChI=1S/C20H24N6O/c1-14(2)11-18-12-24(13-19-23-22-15(3)26(18)19)20(27)16-5-7-17(8-6-16)25-10-4-9-21-25/h4-10,14,18H,11-13H2,1-3H3/t18-/m0/s1. The van der Waals surface area contributed by atoms with E-state index >= 15 is 0 Å². The van der Waals surface area contributed by atoms with Gasteiger partial charge in [0.15, 0.2) is 5.82 Å². The summed E-state index contributed by atoms with van der Waals surface area (Å²) < 4.78 is 3.98. The van der Waals surface area contributed by atoms with E-state index in [1.165, 1.54) is 0 Å². The van der Waals surface area contributed by atoms with E-state index in [0.29, 0.717) is 24.6 Å². The van der Waals surface area contributed by atoms with Gasteiger partial charge in [0.2, 0.25) is 0 Å². The Labute approximate surface area is 158 Å². The van der Waals surface area contributed by atoms with Crippen LogP contribution in [0.25, 0.3) is 5.69 Å². The van der Waals surface area contributed by atoms with Crippen LogP contribution in [0.4, 0.5) is 0 Å². The largest absolute Gasteiger partial charge is 0.329 e. The molecule has 0 saturated carbocycles. The van der Waals surface area contributed by atoms with Crippen LogP contribution < -0.4 is 0 Å². The maximum atomic E-state index is 13.1. The van der Waals surface area contributed by atoms with Crippen LogP contribution in [0.3, 0.4) is 0 Å². The quantitative estimate of drug-likeness (QED) is 0.714. The van der Waals surface area contributed by atoms with Crippen LogP contribution in [-0.4, -0.2) is 41.9 Å². The minimum absolute atomic E-state index is 0.0303. The average Bonchev–Trinajstić information content (AvgIpc) is 3.31. The van der Waals surface area contributed by atoms with Crippen molar-refractivity contribution in [3.8, 4) is 5.69 Å². The molecule has 4 rings (SSSR count). The van der Waals surface area contributed by atoms with Gasteiger partial charge in [-0.25, -0.2) is 4.68 Å². The summed E-state index contributed by atoms with van der Waals surface area (Å²) in [6.07, 6.45) is 4.61. The Bertz CT molecular complexity index is 926. The first-order valence-corrected chi connectivity index (χ1v) is 9.32. The monoisotopic (exact) mass is 364 g/mol. The molecule has 0 bridgehead atoms. The highest BCUT2D eigenvalue weighted by atomic mass is 16.2. The summed E-state index contributed by atoms with van der Waals surface area (Å²) in [5, 5.41) is 12.7. The fourth-order valence-electron chi connectivity index (χ4n) is 3.81. The fraction of sp³-hybridized carbons (Fsp3) is 0.400. The molecule has 27 heavy (non-hydrogen) atoms. The molecule has 1 atom stereocenters. The molecule has 0 unspecified atom stereocenters. The second-order valence-corrected chi connectivity index (χ2v) is 7.50. The van der Waals surface area contributed by atoms with E-state index in [2.05, 4.69) is 33.7 Å². The van der Waals surface area contributed by atoms with Crippen LogP contribution in [0.15, 0.2) is 42.7 Å². The molecule has 0 aliphatic carbocycles. The molecular weight excluding hydrogens is 340 g/mol. The molecule has 7 heteroatoms. The number of aromatic nitrogens is 5. The minimum Gasteiger partial charge on any atom is -0.329 e. The van der Waals surface area contributed by atoms with Gasteiger partial charge < -0.3 is 9.47 Å². The molecule has 1 aliphatic rings. The molecule has 0 fully saturated rings. The van der Waals surface area contributed by atoms with Crippen LogP contribution >= 0.6 is 0 Å².